The minimum atomic E-state index is 1.08. The van der Waals surface area contributed by atoms with Crippen molar-refractivity contribution in [2.75, 3.05) is 0 Å². The van der Waals surface area contributed by atoms with Gasteiger partial charge in [-0.1, -0.05) is 47.1 Å². The Morgan fingerprint density at radius 2 is 1.00 bits per heavy atom. The maximum absolute atomic E-state index is 2.23. The Morgan fingerprint density at radius 3 is 1.29 bits per heavy atom. The zero-order chi connectivity index (χ0) is 13.7. The molecule has 0 aliphatic heterocycles. The minimum absolute atomic E-state index is 1.08. The van der Waals surface area contributed by atoms with Gasteiger partial charge in [0.15, 0.2) is 0 Å². The average Bonchev–Trinajstić information content (AvgIpc) is 2.17. The van der Waals surface area contributed by atoms with Crippen LogP contribution in [0.1, 0.15) is 61.3 Å². The molecule has 0 N–H and O–H groups in total. The van der Waals surface area contributed by atoms with Crippen molar-refractivity contribution < 1.29 is 0 Å². The number of hydrogen-bond acceptors (Lipinski definition) is 0. The molecule has 0 heterocycles. The van der Waals surface area contributed by atoms with Gasteiger partial charge in [-0.15, -0.1) is 0 Å². The van der Waals surface area contributed by atoms with E-state index in [1.807, 2.05) is 6.92 Å². The van der Waals surface area contributed by atoms with E-state index in [1.165, 1.54) is 16.7 Å². The summed E-state index contributed by atoms with van der Waals surface area (Å²) in [5.74, 6) is 0. The third-order valence-corrected chi connectivity index (χ3v) is 1.95. The maximum Gasteiger partial charge on any atom is -0.0164 e. The molecule has 0 radical (unpaired) electrons. The first kappa shape index (κ1) is 18.3. The van der Waals surface area contributed by atoms with Crippen LogP contribution < -0.4 is 0 Å². The first-order chi connectivity index (χ1) is 7.90. The molecule has 0 atom stereocenters. The summed E-state index contributed by atoms with van der Waals surface area (Å²) in [5, 5.41) is 0. The second-order valence-corrected chi connectivity index (χ2v) is 4.88. The molecule has 0 amide bonds. The first-order valence-corrected chi connectivity index (χ1v) is 6.41. The average molecular weight is 234 g/mol. The van der Waals surface area contributed by atoms with Crippen LogP contribution in [0.15, 0.2) is 47.1 Å². The fourth-order valence-electron chi connectivity index (χ4n) is 0.970. The number of allylic oxidation sites excluding steroid dienone is 8. The SMILES string of the molecule is CC(C)=CCC=C(C)C.CC=CCC=C(C)C. The second kappa shape index (κ2) is 13.0. The Morgan fingerprint density at radius 1 is 0.647 bits per heavy atom. The summed E-state index contributed by atoms with van der Waals surface area (Å²) in [6, 6.07) is 0. The van der Waals surface area contributed by atoms with E-state index >= 15 is 0 Å². The molecule has 0 unspecified atom stereocenters. The molecule has 0 aliphatic carbocycles. The summed E-state index contributed by atoms with van der Waals surface area (Å²) in [5.41, 5.74) is 4.18. The van der Waals surface area contributed by atoms with Crippen molar-refractivity contribution in [2.45, 2.75) is 61.3 Å². The fourth-order valence-corrected chi connectivity index (χ4v) is 0.970. The monoisotopic (exact) mass is 234 g/mol. The third kappa shape index (κ3) is 25.3. The van der Waals surface area contributed by atoms with Gasteiger partial charge in [0.1, 0.15) is 0 Å². The van der Waals surface area contributed by atoms with E-state index in [9.17, 15) is 0 Å². The topological polar surface area (TPSA) is 0 Å². The molecule has 0 spiro atoms. The summed E-state index contributed by atoms with van der Waals surface area (Å²) >= 11 is 0. The van der Waals surface area contributed by atoms with Gasteiger partial charge in [0.2, 0.25) is 0 Å². The lowest BCUT2D eigenvalue weighted by molar-refractivity contribution is 1.23. The van der Waals surface area contributed by atoms with Crippen molar-refractivity contribution >= 4 is 0 Å². The molecule has 0 heteroatoms. The summed E-state index contributed by atoms with van der Waals surface area (Å²) in [4.78, 5) is 0. The molecule has 0 aromatic heterocycles. The van der Waals surface area contributed by atoms with Gasteiger partial charge in [-0.05, 0) is 61.3 Å². The Hall–Kier alpha value is -1.04. The predicted molar refractivity (Wildman–Crippen MR) is 82.3 cm³/mol. The van der Waals surface area contributed by atoms with Crippen LogP contribution in [0.5, 0.6) is 0 Å². The molecule has 0 aromatic carbocycles. The van der Waals surface area contributed by atoms with E-state index in [0.717, 1.165) is 12.8 Å². The molecule has 0 bridgehead atoms. The van der Waals surface area contributed by atoms with Gasteiger partial charge >= 0.3 is 0 Å². The van der Waals surface area contributed by atoms with Gasteiger partial charge in [-0.2, -0.15) is 0 Å². The van der Waals surface area contributed by atoms with Gasteiger partial charge in [0.05, 0.1) is 0 Å². The van der Waals surface area contributed by atoms with Crippen LogP contribution in [0.3, 0.4) is 0 Å². The molecule has 0 aliphatic rings. The lowest BCUT2D eigenvalue weighted by Crippen LogP contribution is -1.66. The van der Waals surface area contributed by atoms with E-state index < -0.39 is 0 Å². The maximum atomic E-state index is 2.23. The molecule has 0 saturated carbocycles. The number of hydrogen-bond donors (Lipinski definition) is 0. The van der Waals surface area contributed by atoms with Crippen LogP contribution in [0.25, 0.3) is 0 Å². The van der Waals surface area contributed by atoms with E-state index in [1.54, 1.807) is 0 Å². The van der Waals surface area contributed by atoms with Crippen LogP contribution >= 0.6 is 0 Å². The Kier molecular flexibility index (Phi) is 14.0. The zero-order valence-corrected chi connectivity index (χ0v) is 12.8. The van der Waals surface area contributed by atoms with Crippen molar-refractivity contribution in [1.82, 2.24) is 0 Å². The van der Waals surface area contributed by atoms with Gasteiger partial charge in [-0.25, -0.2) is 0 Å². The van der Waals surface area contributed by atoms with Crippen LogP contribution in [0, 0.1) is 0 Å². The van der Waals surface area contributed by atoms with E-state index in [-0.39, 0.29) is 0 Å². The molecule has 0 aromatic rings. The smallest absolute Gasteiger partial charge is 0.0164 e. The van der Waals surface area contributed by atoms with Crippen LogP contribution in [0.2, 0.25) is 0 Å². The van der Waals surface area contributed by atoms with Crippen molar-refractivity contribution in [2.24, 2.45) is 0 Å². The molecular formula is C17H30. The first-order valence-electron chi connectivity index (χ1n) is 6.41. The predicted octanol–water partition coefficient (Wildman–Crippen LogP) is 6.23. The van der Waals surface area contributed by atoms with Crippen molar-refractivity contribution in [3.05, 3.63) is 47.1 Å². The van der Waals surface area contributed by atoms with Crippen LogP contribution in [-0.2, 0) is 0 Å². The van der Waals surface area contributed by atoms with Gasteiger partial charge in [-0.3, -0.25) is 0 Å². The van der Waals surface area contributed by atoms with E-state index in [4.69, 9.17) is 0 Å². The highest BCUT2D eigenvalue weighted by molar-refractivity contribution is 5.02. The van der Waals surface area contributed by atoms with Crippen molar-refractivity contribution in [3.63, 3.8) is 0 Å². The molecular weight excluding hydrogens is 204 g/mol. The Labute approximate surface area is 109 Å². The molecule has 17 heavy (non-hydrogen) atoms. The molecule has 0 fully saturated rings. The fraction of sp³-hybridized carbons (Fsp3) is 0.529. The Bertz CT molecular complexity index is 257. The summed E-state index contributed by atoms with van der Waals surface area (Å²) in [6.45, 7) is 14.8. The van der Waals surface area contributed by atoms with Crippen LogP contribution in [0.4, 0.5) is 0 Å². The lowest BCUT2D eigenvalue weighted by atomic mass is 10.2. The molecule has 0 nitrogen and oxygen atoms in total. The van der Waals surface area contributed by atoms with Gasteiger partial charge in [0, 0.05) is 0 Å². The molecule has 0 rings (SSSR count). The largest absolute Gasteiger partial charge is 0.0914 e. The Balaban J connectivity index is 0. The standard InChI is InChI=1S/C9H16.C8H14/c1-8(2)6-5-7-9(3)4;1-4-5-6-7-8(2)3/h6-7H,5H2,1-4H3;4-5,7H,6H2,1-3H3. The molecule has 98 valence electrons. The normalized spacial score (nSPS) is 9.12. The quantitative estimate of drug-likeness (QED) is 0.506. The van der Waals surface area contributed by atoms with E-state index in [2.05, 4.69) is 71.9 Å². The summed E-state index contributed by atoms with van der Waals surface area (Å²) in [7, 11) is 0. The second-order valence-electron chi connectivity index (χ2n) is 4.88. The van der Waals surface area contributed by atoms with E-state index in [0.29, 0.717) is 0 Å². The number of rotatable bonds is 4. The zero-order valence-electron chi connectivity index (χ0n) is 12.8. The minimum Gasteiger partial charge on any atom is -0.0914 e. The van der Waals surface area contributed by atoms with Crippen LogP contribution in [-0.4, -0.2) is 0 Å². The van der Waals surface area contributed by atoms with Gasteiger partial charge in [0.25, 0.3) is 0 Å². The van der Waals surface area contributed by atoms with Crippen molar-refractivity contribution in [1.29, 1.82) is 0 Å². The summed E-state index contributed by atoms with van der Waals surface area (Å²) in [6.07, 6.45) is 13.1. The van der Waals surface area contributed by atoms with Gasteiger partial charge < -0.3 is 0 Å². The third-order valence-electron chi connectivity index (χ3n) is 1.95. The van der Waals surface area contributed by atoms with Crippen molar-refractivity contribution in [3.8, 4) is 0 Å². The lowest BCUT2D eigenvalue weighted by Gasteiger charge is -1.87. The molecule has 0 saturated heterocycles. The highest BCUT2D eigenvalue weighted by Crippen LogP contribution is 1.97. The highest BCUT2D eigenvalue weighted by Gasteiger charge is 1.76. The summed E-state index contributed by atoms with van der Waals surface area (Å²) < 4.78 is 0. The highest BCUT2D eigenvalue weighted by atomic mass is 13.8.